The quantitative estimate of drug-likeness (QED) is 0.508. The Bertz CT molecular complexity index is 971. The zero-order valence-electron chi connectivity index (χ0n) is 11.2. The third-order valence-corrected chi connectivity index (χ3v) is 3.60. The molecule has 3 aromatic rings. The fraction of sp³-hybridized carbons (Fsp3) is 0.125. The maximum Gasteiger partial charge on any atom is 0.344 e. The van der Waals surface area contributed by atoms with Crippen LogP contribution in [0.15, 0.2) is 39.5 Å². The van der Waals surface area contributed by atoms with Crippen LogP contribution in [0.25, 0.3) is 21.7 Å². The maximum absolute atomic E-state index is 12.1. The van der Waals surface area contributed by atoms with Gasteiger partial charge in [-0.25, -0.2) is 4.79 Å². The van der Waals surface area contributed by atoms with Gasteiger partial charge in [-0.05, 0) is 19.1 Å². The second-order valence-corrected chi connectivity index (χ2v) is 5.12. The van der Waals surface area contributed by atoms with E-state index in [0.29, 0.717) is 22.4 Å². The number of fused-ring (bicyclic) bond motifs is 4. The molecule has 5 nitrogen and oxygen atoms in total. The lowest BCUT2D eigenvalue weighted by molar-refractivity contribution is -0.118. The van der Waals surface area contributed by atoms with E-state index in [2.05, 4.69) is 5.32 Å². The molecule has 5 heteroatoms. The number of rotatable bonds is 0. The highest BCUT2D eigenvalue weighted by atomic mass is 16.5. The first kappa shape index (κ1) is 12.0. The van der Waals surface area contributed by atoms with Crippen molar-refractivity contribution in [3.63, 3.8) is 0 Å². The summed E-state index contributed by atoms with van der Waals surface area (Å²) in [5, 5.41) is 4.85. The molecule has 2 heterocycles. The number of carbonyl (C=O) groups excluding carboxylic acids is 1. The zero-order chi connectivity index (χ0) is 14.6. The monoisotopic (exact) mass is 281 g/mol. The first-order chi connectivity index (χ1) is 10.1. The van der Waals surface area contributed by atoms with Gasteiger partial charge in [-0.15, -0.1) is 0 Å². The molecule has 0 atom stereocenters. The highest BCUT2D eigenvalue weighted by Crippen LogP contribution is 2.35. The second-order valence-electron chi connectivity index (χ2n) is 5.12. The van der Waals surface area contributed by atoms with Gasteiger partial charge < -0.3 is 14.5 Å². The molecule has 0 saturated carbocycles. The molecule has 0 unspecified atom stereocenters. The van der Waals surface area contributed by atoms with Gasteiger partial charge in [0.2, 0.25) is 0 Å². The highest BCUT2D eigenvalue weighted by molar-refractivity contribution is 6.07. The van der Waals surface area contributed by atoms with E-state index in [0.717, 1.165) is 16.3 Å². The molecule has 0 saturated heterocycles. The summed E-state index contributed by atoms with van der Waals surface area (Å²) in [6.45, 7) is 1.92. The van der Waals surface area contributed by atoms with E-state index >= 15 is 0 Å². The molecule has 1 amide bonds. The summed E-state index contributed by atoms with van der Waals surface area (Å²) in [5.41, 5.74) is 1.56. The van der Waals surface area contributed by atoms with Crippen molar-refractivity contribution in [2.75, 3.05) is 11.9 Å². The minimum Gasteiger partial charge on any atom is -0.482 e. The lowest BCUT2D eigenvalue weighted by Gasteiger charge is -2.18. The molecule has 104 valence electrons. The van der Waals surface area contributed by atoms with Gasteiger partial charge >= 0.3 is 5.63 Å². The number of ether oxygens (including phenoxy) is 1. The predicted octanol–water partition coefficient (Wildman–Crippen LogP) is 2.59. The Morgan fingerprint density at radius 1 is 1.05 bits per heavy atom. The van der Waals surface area contributed by atoms with Crippen LogP contribution in [-0.4, -0.2) is 12.5 Å². The number of amides is 1. The van der Waals surface area contributed by atoms with Gasteiger partial charge in [0.05, 0.1) is 11.1 Å². The maximum atomic E-state index is 12.1. The number of hydrogen-bond acceptors (Lipinski definition) is 4. The minimum atomic E-state index is -0.385. The fourth-order valence-electron chi connectivity index (χ4n) is 2.62. The molecule has 2 aromatic carbocycles. The smallest absolute Gasteiger partial charge is 0.344 e. The molecule has 0 radical (unpaired) electrons. The molecule has 1 aliphatic rings. The SMILES string of the molecule is Cc1ccc2c(c1)c(=O)oc1cc3c(cc12)OCC(=O)N3. The van der Waals surface area contributed by atoms with Gasteiger partial charge in [0, 0.05) is 16.8 Å². The second kappa shape index (κ2) is 4.09. The first-order valence-electron chi connectivity index (χ1n) is 6.56. The lowest BCUT2D eigenvalue weighted by atomic mass is 10.0. The average Bonchev–Trinajstić information content (AvgIpc) is 2.46. The molecule has 1 aliphatic heterocycles. The van der Waals surface area contributed by atoms with Crippen molar-refractivity contribution in [3.05, 3.63) is 46.3 Å². The number of anilines is 1. The molecular formula is C16H11NO4. The van der Waals surface area contributed by atoms with Crippen molar-refractivity contribution in [2.24, 2.45) is 0 Å². The summed E-state index contributed by atoms with van der Waals surface area (Å²) >= 11 is 0. The Hall–Kier alpha value is -2.82. The number of hydrogen-bond donors (Lipinski definition) is 1. The Labute approximate surface area is 119 Å². The predicted molar refractivity (Wildman–Crippen MR) is 78.9 cm³/mol. The Balaban J connectivity index is 2.12. The third-order valence-electron chi connectivity index (χ3n) is 3.60. The first-order valence-corrected chi connectivity index (χ1v) is 6.56. The topological polar surface area (TPSA) is 68.5 Å². The average molecular weight is 281 g/mol. The van der Waals surface area contributed by atoms with E-state index in [-0.39, 0.29) is 18.1 Å². The van der Waals surface area contributed by atoms with Crippen LogP contribution >= 0.6 is 0 Å². The Kier molecular flexibility index (Phi) is 2.33. The number of aryl methyl sites for hydroxylation is 1. The van der Waals surface area contributed by atoms with Crippen LogP contribution in [0.1, 0.15) is 5.56 Å². The molecule has 0 spiro atoms. The van der Waals surface area contributed by atoms with Crippen LogP contribution in [0.3, 0.4) is 0 Å². The van der Waals surface area contributed by atoms with Gasteiger partial charge in [-0.2, -0.15) is 0 Å². The molecular weight excluding hydrogens is 270 g/mol. The van der Waals surface area contributed by atoms with E-state index in [1.165, 1.54) is 0 Å². The number of nitrogens with one attached hydrogen (secondary N) is 1. The summed E-state index contributed by atoms with van der Waals surface area (Å²) in [6.07, 6.45) is 0. The van der Waals surface area contributed by atoms with Crippen molar-refractivity contribution in [2.45, 2.75) is 6.92 Å². The number of benzene rings is 2. The van der Waals surface area contributed by atoms with E-state index in [1.54, 1.807) is 12.1 Å². The molecule has 0 aliphatic carbocycles. The van der Waals surface area contributed by atoms with Crippen molar-refractivity contribution in [3.8, 4) is 5.75 Å². The summed E-state index contributed by atoms with van der Waals surface area (Å²) in [7, 11) is 0. The van der Waals surface area contributed by atoms with Crippen molar-refractivity contribution in [1.82, 2.24) is 0 Å². The van der Waals surface area contributed by atoms with E-state index in [9.17, 15) is 9.59 Å². The van der Waals surface area contributed by atoms with Crippen LogP contribution in [0.5, 0.6) is 5.75 Å². The van der Waals surface area contributed by atoms with Crippen molar-refractivity contribution >= 4 is 33.3 Å². The molecule has 1 aromatic heterocycles. The van der Waals surface area contributed by atoms with E-state index in [4.69, 9.17) is 9.15 Å². The Morgan fingerprint density at radius 3 is 2.76 bits per heavy atom. The van der Waals surface area contributed by atoms with Gasteiger partial charge in [-0.1, -0.05) is 17.7 Å². The molecule has 21 heavy (non-hydrogen) atoms. The highest BCUT2D eigenvalue weighted by Gasteiger charge is 2.18. The van der Waals surface area contributed by atoms with Gasteiger partial charge in [-0.3, -0.25) is 4.79 Å². The minimum absolute atomic E-state index is 0.00761. The van der Waals surface area contributed by atoms with Gasteiger partial charge in [0.1, 0.15) is 11.3 Å². The normalized spacial score (nSPS) is 13.9. The van der Waals surface area contributed by atoms with Crippen LogP contribution in [0.2, 0.25) is 0 Å². The Morgan fingerprint density at radius 2 is 1.90 bits per heavy atom. The van der Waals surface area contributed by atoms with Crippen LogP contribution in [-0.2, 0) is 4.79 Å². The lowest BCUT2D eigenvalue weighted by Crippen LogP contribution is -2.25. The number of carbonyl (C=O) groups is 1. The largest absolute Gasteiger partial charge is 0.482 e. The van der Waals surface area contributed by atoms with E-state index < -0.39 is 0 Å². The molecule has 0 fully saturated rings. The molecule has 0 bridgehead atoms. The summed E-state index contributed by atoms with van der Waals surface area (Å²) in [5.74, 6) is 0.360. The standard InChI is InChI=1S/C16H11NO4/c1-8-2-3-9-10-5-14-12(17-15(18)7-20-14)6-13(10)21-16(19)11(9)4-8/h2-6H,7H2,1H3,(H,17,18). The summed E-state index contributed by atoms with van der Waals surface area (Å²) in [6, 6.07) is 9.08. The van der Waals surface area contributed by atoms with Crippen molar-refractivity contribution in [1.29, 1.82) is 0 Å². The fourth-order valence-corrected chi connectivity index (χ4v) is 2.62. The van der Waals surface area contributed by atoms with Crippen LogP contribution < -0.4 is 15.7 Å². The van der Waals surface area contributed by atoms with Gasteiger partial charge in [0.25, 0.3) is 5.91 Å². The van der Waals surface area contributed by atoms with E-state index in [1.807, 2.05) is 25.1 Å². The third kappa shape index (κ3) is 1.78. The van der Waals surface area contributed by atoms with Crippen LogP contribution in [0.4, 0.5) is 5.69 Å². The zero-order valence-corrected chi connectivity index (χ0v) is 11.2. The summed E-state index contributed by atoms with van der Waals surface area (Å²) in [4.78, 5) is 23.4. The van der Waals surface area contributed by atoms with Crippen molar-refractivity contribution < 1.29 is 13.9 Å². The molecule has 4 rings (SSSR count). The van der Waals surface area contributed by atoms with Crippen LogP contribution in [0, 0.1) is 6.92 Å². The molecule has 1 N–H and O–H groups in total. The van der Waals surface area contributed by atoms with Gasteiger partial charge in [0.15, 0.2) is 6.61 Å². The summed E-state index contributed by atoms with van der Waals surface area (Å²) < 4.78 is 10.8.